The Labute approximate surface area is 116 Å². The molecule has 2 rings (SSSR count). The summed E-state index contributed by atoms with van der Waals surface area (Å²) in [6.45, 7) is 1.04. The fourth-order valence-corrected chi connectivity index (χ4v) is 1.86. The first-order valence-corrected chi connectivity index (χ1v) is 7.10. The number of hydrogen-bond donors (Lipinski definition) is 2. The van der Waals surface area contributed by atoms with Gasteiger partial charge in [0.05, 0.1) is 0 Å². The van der Waals surface area contributed by atoms with Gasteiger partial charge in [0.25, 0.3) is 0 Å². The molecule has 3 N–H and O–H groups in total. The number of anilines is 2. The Balaban J connectivity index is 2.02. The Morgan fingerprint density at radius 2 is 2.05 bits per heavy atom. The number of nitrogens with zero attached hydrogens (tertiary/aromatic N) is 2. The van der Waals surface area contributed by atoms with Gasteiger partial charge in [-0.2, -0.15) is 0 Å². The van der Waals surface area contributed by atoms with Gasteiger partial charge in [-0.25, -0.2) is 9.97 Å². The first-order valence-electron chi connectivity index (χ1n) is 5.88. The van der Waals surface area contributed by atoms with Gasteiger partial charge in [0, 0.05) is 18.3 Å². The van der Waals surface area contributed by atoms with E-state index in [4.69, 9.17) is 10.5 Å². The molecule has 2 aromatic rings. The number of rotatable bonds is 6. The summed E-state index contributed by atoms with van der Waals surface area (Å²) in [5.41, 5.74) is 6.33. The maximum absolute atomic E-state index is 5.42. The van der Waals surface area contributed by atoms with E-state index >= 15 is 0 Å². The van der Waals surface area contributed by atoms with Gasteiger partial charge in [0.1, 0.15) is 29.5 Å². The molecule has 0 saturated carbocycles. The number of nitrogens with one attached hydrogen (secondary N) is 1. The smallest absolute Gasteiger partial charge is 0.134 e. The summed E-state index contributed by atoms with van der Waals surface area (Å²) in [7, 11) is 0. The lowest BCUT2D eigenvalue weighted by Gasteiger charge is -2.08. The summed E-state index contributed by atoms with van der Waals surface area (Å²) in [6, 6.07) is 9.58. The van der Waals surface area contributed by atoms with Crippen molar-refractivity contribution in [2.45, 2.75) is 5.03 Å². The van der Waals surface area contributed by atoms with Crippen molar-refractivity contribution in [3.8, 4) is 5.75 Å². The monoisotopic (exact) mass is 276 g/mol. The average molecular weight is 276 g/mol. The van der Waals surface area contributed by atoms with Gasteiger partial charge in [0.15, 0.2) is 0 Å². The Morgan fingerprint density at radius 1 is 1.26 bits per heavy atom. The topological polar surface area (TPSA) is 73.1 Å². The van der Waals surface area contributed by atoms with Gasteiger partial charge in [-0.3, -0.25) is 0 Å². The molecule has 0 aliphatic heterocycles. The highest BCUT2D eigenvalue weighted by Crippen LogP contribution is 2.20. The first kappa shape index (κ1) is 13.6. The SMILES string of the molecule is CSc1cc(Nc2ccc(OCCN)cc2)ncn1. The zero-order valence-electron chi connectivity index (χ0n) is 10.7. The van der Waals surface area contributed by atoms with E-state index in [9.17, 15) is 0 Å². The van der Waals surface area contributed by atoms with Crippen molar-refractivity contribution in [2.75, 3.05) is 24.7 Å². The molecule has 0 spiro atoms. The normalized spacial score (nSPS) is 10.2. The average Bonchev–Trinajstić information content (AvgIpc) is 2.47. The van der Waals surface area contributed by atoms with E-state index in [1.54, 1.807) is 18.1 Å². The van der Waals surface area contributed by atoms with Crippen molar-refractivity contribution in [1.82, 2.24) is 9.97 Å². The molecule has 0 bridgehead atoms. The van der Waals surface area contributed by atoms with Crippen LogP contribution < -0.4 is 15.8 Å². The van der Waals surface area contributed by atoms with E-state index < -0.39 is 0 Å². The summed E-state index contributed by atoms with van der Waals surface area (Å²) in [6.07, 6.45) is 3.53. The van der Waals surface area contributed by atoms with Crippen LogP contribution in [0.5, 0.6) is 5.75 Å². The minimum absolute atomic E-state index is 0.512. The lowest BCUT2D eigenvalue weighted by molar-refractivity contribution is 0.328. The third kappa shape index (κ3) is 4.11. The van der Waals surface area contributed by atoms with E-state index in [1.165, 1.54) is 0 Å². The largest absolute Gasteiger partial charge is 0.492 e. The van der Waals surface area contributed by atoms with Crippen LogP contribution in [0.4, 0.5) is 11.5 Å². The summed E-state index contributed by atoms with van der Waals surface area (Å²) in [5.74, 6) is 1.58. The fourth-order valence-electron chi connectivity index (χ4n) is 1.48. The van der Waals surface area contributed by atoms with Crippen LogP contribution in [0.25, 0.3) is 0 Å². The zero-order valence-corrected chi connectivity index (χ0v) is 11.5. The van der Waals surface area contributed by atoms with E-state index in [0.717, 1.165) is 22.3 Å². The van der Waals surface area contributed by atoms with E-state index in [0.29, 0.717) is 13.2 Å². The maximum atomic E-state index is 5.42. The maximum Gasteiger partial charge on any atom is 0.134 e. The van der Waals surface area contributed by atoms with Gasteiger partial charge >= 0.3 is 0 Å². The standard InChI is InChI=1S/C13H16N4OS/c1-19-13-8-12(15-9-16-13)17-10-2-4-11(5-3-10)18-7-6-14/h2-5,8-9H,6-7,14H2,1H3,(H,15,16,17). The second-order valence-electron chi connectivity index (χ2n) is 3.73. The van der Waals surface area contributed by atoms with Crippen LogP contribution >= 0.6 is 11.8 Å². The molecule has 19 heavy (non-hydrogen) atoms. The first-order chi connectivity index (χ1) is 9.31. The predicted octanol–water partition coefficient (Wildman–Crippen LogP) is 2.28. The molecular weight excluding hydrogens is 260 g/mol. The van der Waals surface area contributed by atoms with Crippen LogP contribution in [-0.4, -0.2) is 29.4 Å². The van der Waals surface area contributed by atoms with Crippen LogP contribution in [0.1, 0.15) is 0 Å². The number of benzene rings is 1. The summed E-state index contributed by atoms with van der Waals surface area (Å²) >= 11 is 1.58. The Bertz CT molecular complexity index is 518. The minimum atomic E-state index is 0.512. The number of nitrogens with two attached hydrogens (primary N) is 1. The molecular formula is C13H16N4OS. The fraction of sp³-hybridized carbons (Fsp3) is 0.231. The Hall–Kier alpha value is -1.79. The highest BCUT2D eigenvalue weighted by Gasteiger charge is 1.99. The molecule has 0 amide bonds. The predicted molar refractivity (Wildman–Crippen MR) is 78.1 cm³/mol. The minimum Gasteiger partial charge on any atom is -0.492 e. The van der Waals surface area contributed by atoms with Crippen LogP contribution in [0.15, 0.2) is 41.7 Å². The van der Waals surface area contributed by atoms with Crippen molar-refractivity contribution >= 4 is 23.3 Å². The second-order valence-corrected chi connectivity index (χ2v) is 4.56. The number of thioether (sulfide) groups is 1. The molecule has 0 atom stereocenters. The van der Waals surface area contributed by atoms with Crippen LogP contribution in [0, 0.1) is 0 Å². The number of hydrogen-bond acceptors (Lipinski definition) is 6. The lowest BCUT2D eigenvalue weighted by atomic mass is 10.3. The van der Waals surface area contributed by atoms with Crippen molar-refractivity contribution in [3.63, 3.8) is 0 Å². The van der Waals surface area contributed by atoms with Crippen molar-refractivity contribution < 1.29 is 4.74 Å². The van der Waals surface area contributed by atoms with Crippen LogP contribution in [0.3, 0.4) is 0 Å². The molecule has 0 aliphatic carbocycles. The third-order valence-electron chi connectivity index (χ3n) is 2.36. The van der Waals surface area contributed by atoms with E-state index in [1.807, 2.05) is 36.6 Å². The number of ether oxygens (including phenoxy) is 1. The molecule has 6 heteroatoms. The summed E-state index contributed by atoms with van der Waals surface area (Å²) < 4.78 is 5.42. The molecule has 1 aromatic heterocycles. The molecule has 0 saturated heterocycles. The van der Waals surface area contributed by atoms with Gasteiger partial charge in [-0.15, -0.1) is 11.8 Å². The summed E-state index contributed by atoms with van der Waals surface area (Å²) in [5, 5.41) is 4.15. The molecule has 0 unspecified atom stereocenters. The Morgan fingerprint density at radius 3 is 2.74 bits per heavy atom. The molecule has 0 radical (unpaired) electrons. The van der Waals surface area contributed by atoms with Crippen LogP contribution in [0.2, 0.25) is 0 Å². The van der Waals surface area contributed by atoms with E-state index in [-0.39, 0.29) is 0 Å². The third-order valence-corrected chi connectivity index (χ3v) is 3.01. The molecule has 1 heterocycles. The lowest BCUT2D eigenvalue weighted by Crippen LogP contribution is -2.10. The molecule has 1 aromatic carbocycles. The van der Waals surface area contributed by atoms with Gasteiger partial charge in [-0.1, -0.05) is 0 Å². The summed E-state index contributed by atoms with van der Waals surface area (Å²) in [4.78, 5) is 8.30. The van der Waals surface area contributed by atoms with Gasteiger partial charge < -0.3 is 15.8 Å². The molecule has 100 valence electrons. The highest BCUT2D eigenvalue weighted by atomic mass is 32.2. The van der Waals surface area contributed by atoms with Crippen molar-refractivity contribution in [2.24, 2.45) is 5.73 Å². The van der Waals surface area contributed by atoms with Crippen molar-refractivity contribution in [1.29, 1.82) is 0 Å². The van der Waals surface area contributed by atoms with Gasteiger partial charge in [0.2, 0.25) is 0 Å². The van der Waals surface area contributed by atoms with Gasteiger partial charge in [-0.05, 0) is 30.5 Å². The number of aromatic nitrogens is 2. The molecule has 0 fully saturated rings. The highest BCUT2D eigenvalue weighted by molar-refractivity contribution is 7.98. The van der Waals surface area contributed by atoms with E-state index in [2.05, 4.69) is 15.3 Å². The zero-order chi connectivity index (χ0) is 13.5. The Kier molecular flexibility index (Phi) is 5.00. The van der Waals surface area contributed by atoms with Crippen molar-refractivity contribution in [3.05, 3.63) is 36.7 Å². The molecule has 0 aliphatic rings. The second kappa shape index (κ2) is 6.96. The quantitative estimate of drug-likeness (QED) is 0.623. The molecule has 5 nitrogen and oxygen atoms in total. The van der Waals surface area contributed by atoms with Crippen LogP contribution in [-0.2, 0) is 0 Å².